The maximum absolute atomic E-state index is 11.7. The molecule has 1 aromatic carbocycles. The summed E-state index contributed by atoms with van der Waals surface area (Å²) in [6.07, 6.45) is 0.183. The Labute approximate surface area is 104 Å². The van der Waals surface area contributed by atoms with E-state index in [0.717, 1.165) is 10.0 Å². The molecule has 1 atom stereocenters. The van der Waals surface area contributed by atoms with Crippen LogP contribution in [-0.4, -0.2) is 23.7 Å². The quantitative estimate of drug-likeness (QED) is 0.892. The SMILES string of the molecule is Cc1cc(Br)cc(C(=O)NCCC(C)O)c1. The highest BCUT2D eigenvalue weighted by Crippen LogP contribution is 2.15. The first-order valence-electron chi connectivity index (χ1n) is 5.22. The monoisotopic (exact) mass is 285 g/mol. The Morgan fingerprint density at radius 1 is 1.50 bits per heavy atom. The molecule has 0 aliphatic heterocycles. The fourth-order valence-corrected chi connectivity index (χ4v) is 1.97. The second-order valence-corrected chi connectivity index (χ2v) is 4.83. The second-order valence-electron chi connectivity index (χ2n) is 3.91. The Morgan fingerprint density at radius 3 is 2.75 bits per heavy atom. The van der Waals surface area contributed by atoms with Crippen molar-refractivity contribution in [3.05, 3.63) is 33.8 Å². The normalized spacial score (nSPS) is 12.2. The van der Waals surface area contributed by atoms with Gasteiger partial charge in [0.15, 0.2) is 0 Å². The summed E-state index contributed by atoms with van der Waals surface area (Å²) in [4.78, 5) is 11.7. The molecule has 0 aliphatic rings. The van der Waals surface area contributed by atoms with Crippen molar-refractivity contribution >= 4 is 21.8 Å². The summed E-state index contributed by atoms with van der Waals surface area (Å²) in [6, 6.07) is 5.57. The molecule has 0 aromatic heterocycles. The van der Waals surface area contributed by atoms with E-state index in [-0.39, 0.29) is 12.0 Å². The summed E-state index contributed by atoms with van der Waals surface area (Å²) in [6.45, 7) is 4.13. The lowest BCUT2D eigenvalue weighted by Crippen LogP contribution is -2.26. The predicted molar refractivity (Wildman–Crippen MR) is 67.5 cm³/mol. The molecule has 4 heteroatoms. The van der Waals surface area contributed by atoms with Crippen molar-refractivity contribution in [2.75, 3.05) is 6.54 Å². The van der Waals surface area contributed by atoms with Gasteiger partial charge in [0.25, 0.3) is 5.91 Å². The summed E-state index contributed by atoms with van der Waals surface area (Å²) >= 11 is 3.35. The highest BCUT2D eigenvalue weighted by Gasteiger charge is 2.06. The van der Waals surface area contributed by atoms with Crippen molar-refractivity contribution in [1.82, 2.24) is 5.32 Å². The van der Waals surface area contributed by atoms with Crippen LogP contribution in [0.1, 0.15) is 29.3 Å². The van der Waals surface area contributed by atoms with Crippen LogP contribution in [0.4, 0.5) is 0 Å². The van der Waals surface area contributed by atoms with Crippen LogP contribution in [0, 0.1) is 6.92 Å². The van der Waals surface area contributed by atoms with Crippen LogP contribution in [0.15, 0.2) is 22.7 Å². The van der Waals surface area contributed by atoms with Crippen LogP contribution >= 0.6 is 15.9 Å². The van der Waals surface area contributed by atoms with Gasteiger partial charge in [0.2, 0.25) is 0 Å². The van der Waals surface area contributed by atoms with Crippen LogP contribution < -0.4 is 5.32 Å². The molecule has 88 valence electrons. The first-order valence-corrected chi connectivity index (χ1v) is 6.02. The molecule has 1 unspecified atom stereocenters. The Balaban J connectivity index is 2.59. The Bertz CT molecular complexity index is 357. The highest BCUT2D eigenvalue weighted by atomic mass is 79.9. The van der Waals surface area contributed by atoms with E-state index in [0.29, 0.717) is 18.5 Å². The standard InChI is InChI=1S/C12H16BrNO2/c1-8-5-10(7-11(13)6-8)12(16)14-4-3-9(2)15/h5-7,9,15H,3-4H2,1-2H3,(H,14,16). The lowest BCUT2D eigenvalue weighted by Gasteiger charge is -2.07. The molecule has 0 saturated carbocycles. The number of hydrogen-bond donors (Lipinski definition) is 2. The number of hydrogen-bond acceptors (Lipinski definition) is 2. The van der Waals surface area contributed by atoms with E-state index in [1.54, 1.807) is 13.0 Å². The highest BCUT2D eigenvalue weighted by molar-refractivity contribution is 9.10. The van der Waals surface area contributed by atoms with Crippen molar-refractivity contribution in [3.8, 4) is 0 Å². The van der Waals surface area contributed by atoms with Crippen molar-refractivity contribution < 1.29 is 9.90 Å². The molecule has 1 amide bonds. The van der Waals surface area contributed by atoms with E-state index in [4.69, 9.17) is 5.11 Å². The first kappa shape index (κ1) is 13.2. The van der Waals surface area contributed by atoms with Gasteiger partial charge in [-0.25, -0.2) is 0 Å². The number of benzene rings is 1. The van der Waals surface area contributed by atoms with Gasteiger partial charge in [0.05, 0.1) is 6.10 Å². The zero-order chi connectivity index (χ0) is 12.1. The number of rotatable bonds is 4. The summed E-state index contributed by atoms with van der Waals surface area (Å²) in [7, 11) is 0. The first-order chi connectivity index (χ1) is 7.49. The number of nitrogens with one attached hydrogen (secondary N) is 1. The maximum Gasteiger partial charge on any atom is 0.251 e. The summed E-state index contributed by atoms with van der Waals surface area (Å²) in [5.74, 6) is -0.106. The summed E-state index contributed by atoms with van der Waals surface area (Å²) < 4.78 is 0.896. The second kappa shape index (κ2) is 6.01. The number of aliphatic hydroxyl groups excluding tert-OH is 1. The number of aryl methyl sites for hydroxylation is 1. The molecular formula is C12H16BrNO2. The van der Waals surface area contributed by atoms with Gasteiger partial charge in [-0.05, 0) is 44.0 Å². The van der Waals surface area contributed by atoms with Crippen LogP contribution in [0.5, 0.6) is 0 Å². The third kappa shape index (κ3) is 4.33. The lowest BCUT2D eigenvalue weighted by molar-refractivity contribution is 0.0945. The number of carbonyl (C=O) groups is 1. The molecule has 0 heterocycles. The Kier molecular flexibility index (Phi) is 4.96. The smallest absolute Gasteiger partial charge is 0.251 e. The number of halogens is 1. The molecule has 0 saturated heterocycles. The van der Waals surface area contributed by atoms with Crippen LogP contribution in [-0.2, 0) is 0 Å². The lowest BCUT2D eigenvalue weighted by atomic mass is 10.1. The molecule has 0 spiro atoms. The maximum atomic E-state index is 11.7. The molecular weight excluding hydrogens is 270 g/mol. The van der Waals surface area contributed by atoms with Crippen molar-refractivity contribution in [2.45, 2.75) is 26.4 Å². The minimum absolute atomic E-state index is 0.106. The van der Waals surface area contributed by atoms with Crippen LogP contribution in [0.25, 0.3) is 0 Å². The van der Waals surface area contributed by atoms with E-state index in [1.165, 1.54) is 0 Å². The van der Waals surface area contributed by atoms with Crippen molar-refractivity contribution in [2.24, 2.45) is 0 Å². The summed E-state index contributed by atoms with van der Waals surface area (Å²) in [5.41, 5.74) is 1.67. The zero-order valence-corrected chi connectivity index (χ0v) is 11.0. The third-order valence-corrected chi connectivity index (χ3v) is 2.61. The van der Waals surface area contributed by atoms with Crippen LogP contribution in [0.2, 0.25) is 0 Å². The van der Waals surface area contributed by atoms with Crippen molar-refractivity contribution in [3.63, 3.8) is 0 Å². The molecule has 0 radical (unpaired) electrons. The third-order valence-electron chi connectivity index (χ3n) is 2.15. The average Bonchev–Trinajstić information content (AvgIpc) is 2.15. The van der Waals surface area contributed by atoms with Crippen molar-refractivity contribution in [1.29, 1.82) is 0 Å². The van der Waals surface area contributed by atoms with E-state index in [2.05, 4.69) is 21.2 Å². The van der Waals surface area contributed by atoms with Crippen LogP contribution in [0.3, 0.4) is 0 Å². The van der Waals surface area contributed by atoms with Gasteiger partial charge in [-0.1, -0.05) is 15.9 Å². The van der Waals surface area contributed by atoms with Gasteiger partial charge in [0, 0.05) is 16.6 Å². The molecule has 1 rings (SSSR count). The zero-order valence-electron chi connectivity index (χ0n) is 9.46. The van der Waals surface area contributed by atoms with Gasteiger partial charge in [-0.3, -0.25) is 4.79 Å². The summed E-state index contributed by atoms with van der Waals surface area (Å²) in [5, 5.41) is 11.8. The molecule has 16 heavy (non-hydrogen) atoms. The largest absolute Gasteiger partial charge is 0.393 e. The van der Waals surface area contributed by atoms with Gasteiger partial charge < -0.3 is 10.4 Å². The average molecular weight is 286 g/mol. The van der Waals surface area contributed by atoms with Gasteiger partial charge in [-0.15, -0.1) is 0 Å². The minimum atomic E-state index is -0.385. The van der Waals surface area contributed by atoms with E-state index < -0.39 is 0 Å². The Morgan fingerprint density at radius 2 is 2.19 bits per heavy atom. The molecule has 0 fully saturated rings. The number of amides is 1. The molecule has 0 bridgehead atoms. The van der Waals surface area contributed by atoms with E-state index in [1.807, 2.05) is 19.1 Å². The predicted octanol–water partition coefficient (Wildman–Crippen LogP) is 2.26. The molecule has 3 nitrogen and oxygen atoms in total. The fourth-order valence-electron chi connectivity index (χ4n) is 1.36. The van der Waals surface area contributed by atoms with Gasteiger partial charge in [-0.2, -0.15) is 0 Å². The molecule has 0 aliphatic carbocycles. The molecule has 2 N–H and O–H groups in total. The van der Waals surface area contributed by atoms with E-state index >= 15 is 0 Å². The molecule has 1 aromatic rings. The topological polar surface area (TPSA) is 49.3 Å². The Hall–Kier alpha value is -0.870. The van der Waals surface area contributed by atoms with Gasteiger partial charge >= 0.3 is 0 Å². The minimum Gasteiger partial charge on any atom is -0.393 e. The van der Waals surface area contributed by atoms with Gasteiger partial charge in [0.1, 0.15) is 0 Å². The fraction of sp³-hybridized carbons (Fsp3) is 0.417. The number of aliphatic hydroxyl groups is 1. The number of carbonyl (C=O) groups excluding carboxylic acids is 1. The van der Waals surface area contributed by atoms with E-state index in [9.17, 15) is 4.79 Å².